The molecule has 0 radical (unpaired) electrons. The first-order valence-corrected chi connectivity index (χ1v) is 6.92. The average molecular weight is 265 g/mol. The van der Waals surface area contributed by atoms with Crippen molar-refractivity contribution in [3.05, 3.63) is 23.5 Å². The van der Waals surface area contributed by atoms with E-state index in [9.17, 15) is 14.7 Å². The number of likely N-dealkylation sites (tertiary alicyclic amines) is 1. The molecule has 4 nitrogen and oxygen atoms in total. The molecule has 0 aromatic carbocycles. The van der Waals surface area contributed by atoms with Gasteiger partial charge < -0.3 is 5.11 Å². The van der Waals surface area contributed by atoms with Crippen molar-refractivity contribution in [1.82, 2.24) is 4.90 Å². The largest absolute Gasteiger partial charge is 0.512 e. The smallest absolute Gasteiger partial charge is 0.259 e. The van der Waals surface area contributed by atoms with Crippen LogP contribution in [0.2, 0.25) is 0 Å². The second kappa shape index (κ2) is 7.77. The lowest BCUT2D eigenvalue weighted by molar-refractivity contribution is -0.139. The van der Waals surface area contributed by atoms with E-state index in [1.165, 1.54) is 4.90 Å². The number of carbonyl (C=O) groups is 2. The number of rotatable bonds is 6. The molecule has 106 valence electrons. The summed E-state index contributed by atoms with van der Waals surface area (Å²) in [5, 5.41) is 9.89. The number of allylic oxidation sites excluding steroid dienone is 3. The second-order valence-corrected chi connectivity index (χ2v) is 4.84. The van der Waals surface area contributed by atoms with E-state index in [1.807, 2.05) is 13.0 Å². The molecule has 0 unspecified atom stereocenters. The molecule has 0 aliphatic carbocycles. The quantitative estimate of drug-likeness (QED) is 0.347. The van der Waals surface area contributed by atoms with Crippen molar-refractivity contribution >= 4 is 11.8 Å². The van der Waals surface area contributed by atoms with Crippen LogP contribution in [0.15, 0.2) is 23.5 Å². The Labute approximate surface area is 114 Å². The fourth-order valence-electron chi connectivity index (χ4n) is 2.10. The topological polar surface area (TPSA) is 57.6 Å². The van der Waals surface area contributed by atoms with Crippen LogP contribution in [0.1, 0.15) is 52.4 Å². The summed E-state index contributed by atoms with van der Waals surface area (Å²) >= 11 is 0. The number of imide groups is 1. The summed E-state index contributed by atoms with van der Waals surface area (Å²) in [5.41, 5.74) is 0.307. The Balaban J connectivity index is 2.48. The van der Waals surface area contributed by atoms with Crippen LogP contribution in [0.5, 0.6) is 0 Å². The standard InChI is InChI=1S/C15H23NO3/c1-3-4-5-6-7-9-13(17)12(2)15(19)16-11-8-10-14(16)18/h3-4,17H,5-11H2,1-2H3. The van der Waals surface area contributed by atoms with Gasteiger partial charge in [0, 0.05) is 19.4 Å². The van der Waals surface area contributed by atoms with Crippen LogP contribution in [0.25, 0.3) is 0 Å². The maximum atomic E-state index is 12.0. The van der Waals surface area contributed by atoms with Crippen molar-refractivity contribution in [2.24, 2.45) is 0 Å². The molecule has 0 atom stereocenters. The number of unbranched alkanes of at least 4 members (excludes halogenated alkanes) is 2. The molecule has 4 heteroatoms. The molecule has 1 saturated heterocycles. The third-order valence-corrected chi connectivity index (χ3v) is 3.34. The van der Waals surface area contributed by atoms with Gasteiger partial charge in [-0.2, -0.15) is 0 Å². The van der Waals surface area contributed by atoms with Gasteiger partial charge in [0.1, 0.15) is 5.76 Å². The van der Waals surface area contributed by atoms with Crippen molar-refractivity contribution in [2.75, 3.05) is 6.54 Å². The number of hydrogen-bond acceptors (Lipinski definition) is 3. The highest BCUT2D eigenvalue weighted by Crippen LogP contribution is 2.17. The summed E-state index contributed by atoms with van der Waals surface area (Å²) < 4.78 is 0. The van der Waals surface area contributed by atoms with Crippen molar-refractivity contribution in [3.63, 3.8) is 0 Å². The van der Waals surface area contributed by atoms with Crippen molar-refractivity contribution in [1.29, 1.82) is 0 Å². The van der Waals surface area contributed by atoms with E-state index in [0.29, 0.717) is 25.0 Å². The number of carbonyl (C=O) groups excluding carboxylic acids is 2. The molecule has 0 bridgehead atoms. The summed E-state index contributed by atoms with van der Waals surface area (Å²) in [6.07, 6.45) is 8.56. The molecule has 1 N–H and O–H groups in total. The van der Waals surface area contributed by atoms with Gasteiger partial charge in [0.05, 0.1) is 5.57 Å². The highest BCUT2D eigenvalue weighted by Gasteiger charge is 2.28. The Morgan fingerprint density at radius 2 is 2.16 bits per heavy atom. The molecule has 1 aliphatic heterocycles. The van der Waals surface area contributed by atoms with Crippen LogP contribution in [-0.4, -0.2) is 28.4 Å². The average Bonchev–Trinajstić information content (AvgIpc) is 2.82. The van der Waals surface area contributed by atoms with Gasteiger partial charge in [0.2, 0.25) is 5.91 Å². The van der Waals surface area contributed by atoms with E-state index >= 15 is 0 Å². The van der Waals surface area contributed by atoms with Crippen molar-refractivity contribution < 1.29 is 14.7 Å². The molecule has 0 spiro atoms. The highest BCUT2D eigenvalue weighted by atomic mass is 16.3. The van der Waals surface area contributed by atoms with E-state index in [1.54, 1.807) is 6.92 Å². The zero-order chi connectivity index (χ0) is 14.3. The monoisotopic (exact) mass is 265 g/mol. The molecular weight excluding hydrogens is 242 g/mol. The Morgan fingerprint density at radius 3 is 2.74 bits per heavy atom. The van der Waals surface area contributed by atoms with Crippen LogP contribution < -0.4 is 0 Å². The van der Waals surface area contributed by atoms with Gasteiger partial charge in [0.25, 0.3) is 5.91 Å². The van der Waals surface area contributed by atoms with E-state index < -0.39 is 0 Å². The number of nitrogens with zero attached hydrogens (tertiary/aromatic N) is 1. The Kier molecular flexibility index (Phi) is 6.33. The third-order valence-electron chi connectivity index (χ3n) is 3.34. The first-order chi connectivity index (χ1) is 9.07. The molecule has 19 heavy (non-hydrogen) atoms. The van der Waals surface area contributed by atoms with E-state index in [-0.39, 0.29) is 17.6 Å². The van der Waals surface area contributed by atoms with Gasteiger partial charge >= 0.3 is 0 Å². The van der Waals surface area contributed by atoms with E-state index in [2.05, 4.69) is 6.08 Å². The van der Waals surface area contributed by atoms with Gasteiger partial charge in [-0.05, 0) is 39.5 Å². The van der Waals surface area contributed by atoms with Crippen molar-refractivity contribution in [2.45, 2.75) is 52.4 Å². The maximum Gasteiger partial charge on any atom is 0.259 e. The van der Waals surface area contributed by atoms with Crippen LogP contribution in [0.4, 0.5) is 0 Å². The number of amides is 2. The van der Waals surface area contributed by atoms with E-state index in [4.69, 9.17) is 0 Å². The van der Waals surface area contributed by atoms with Gasteiger partial charge in [-0.3, -0.25) is 14.5 Å². The molecule has 1 rings (SSSR count). The minimum atomic E-state index is -0.339. The van der Waals surface area contributed by atoms with Gasteiger partial charge in [-0.1, -0.05) is 12.2 Å². The molecule has 1 heterocycles. The lowest BCUT2D eigenvalue weighted by atomic mass is 10.1. The van der Waals surface area contributed by atoms with Gasteiger partial charge in [0.15, 0.2) is 0 Å². The Bertz CT molecular complexity index is 396. The fraction of sp³-hybridized carbons (Fsp3) is 0.600. The Hall–Kier alpha value is -1.58. The zero-order valence-electron chi connectivity index (χ0n) is 11.8. The van der Waals surface area contributed by atoms with Gasteiger partial charge in [-0.15, -0.1) is 0 Å². The molecule has 1 fully saturated rings. The number of aliphatic hydroxyl groups excluding tert-OH is 1. The number of hydrogen-bond donors (Lipinski definition) is 1. The molecule has 0 saturated carbocycles. The van der Waals surface area contributed by atoms with Gasteiger partial charge in [-0.25, -0.2) is 0 Å². The maximum absolute atomic E-state index is 12.0. The molecule has 2 amide bonds. The first-order valence-electron chi connectivity index (χ1n) is 6.92. The lowest BCUT2D eigenvalue weighted by Crippen LogP contribution is -2.32. The molecular formula is C15H23NO3. The normalized spacial score (nSPS) is 17.2. The Morgan fingerprint density at radius 1 is 1.42 bits per heavy atom. The highest BCUT2D eigenvalue weighted by molar-refractivity contribution is 6.05. The molecule has 1 aliphatic rings. The number of aliphatic hydroxyl groups is 1. The summed E-state index contributed by atoms with van der Waals surface area (Å²) in [5.74, 6) is -0.358. The lowest BCUT2D eigenvalue weighted by Gasteiger charge is -2.14. The zero-order valence-corrected chi connectivity index (χ0v) is 11.8. The van der Waals surface area contributed by atoms with Crippen LogP contribution >= 0.6 is 0 Å². The van der Waals surface area contributed by atoms with E-state index in [0.717, 1.165) is 25.7 Å². The predicted octanol–water partition coefficient (Wildman–Crippen LogP) is 3.10. The van der Waals surface area contributed by atoms with Crippen molar-refractivity contribution in [3.8, 4) is 0 Å². The molecule has 0 aromatic heterocycles. The third kappa shape index (κ3) is 4.54. The fourth-order valence-corrected chi connectivity index (χ4v) is 2.10. The minimum absolute atomic E-state index is 0.116. The summed E-state index contributed by atoms with van der Waals surface area (Å²) in [7, 11) is 0. The second-order valence-electron chi connectivity index (χ2n) is 4.84. The first kappa shape index (κ1) is 15.5. The summed E-state index contributed by atoms with van der Waals surface area (Å²) in [6, 6.07) is 0. The summed E-state index contributed by atoms with van der Waals surface area (Å²) in [6.45, 7) is 4.05. The molecule has 0 aromatic rings. The SMILES string of the molecule is CC=CCCCCC(O)=C(C)C(=O)N1CCCC1=O. The summed E-state index contributed by atoms with van der Waals surface area (Å²) in [4.78, 5) is 24.7. The van der Waals surface area contributed by atoms with Crippen LogP contribution in [-0.2, 0) is 9.59 Å². The minimum Gasteiger partial charge on any atom is -0.512 e. The predicted molar refractivity (Wildman–Crippen MR) is 74.6 cm³/mol. The van der Waals surface area contributed by atoms with Crippen LogP contribution in [0, 0.1) is 0 Å². The van der Waals surface area contributed by atoms with Crippen LogP contribution in [0.3, 0.4) is 0 Å².